The molecule has 0 bridgehead atoms. The Morgan fingerprint density at radius 2 is 1.15 bits per heavy atom. The minimum Gasteiger partial charge on any atom is -0.335 e. The Morgan fingerprint density at radius 1 is 0.544 bits per heavy atom. The minimum absolute atomic E-state index is 0.00855. The summed E-state index contributed by atoms with van der Waals surface area (Å²) < 4.78 is 2.64. The van der Waals surface area contributed by atoms with Crippen LogP contribution >= 0.6 is 11.3 Å². The van der Waals surface area contributed by atoms with Gasteiger partial charge in [0.25, 0.3) is 6.71 Å². The number of hydrogen-bond acceptors (Lipinski definition) is 4. The summed E-state index contributed by atoms with van der Waals surface area (Å²) >= 11 is 1.91. The molecule has 342 valence electrons. The predicted molar refractivity (Wildman–Crippen MR) is 297 cm³/mol. The summed E-state index contributed by atoms with van der Waals surface area (Å²) in [4.78, 5) is 8.06. The first-order chi connectivity index (χ1) is 32.3. The van der Waals surface area contributed by atoms with Crippen molar-refractivity contribution in [2.24, 2.45) is 0 Å². The number of thiophene rings is 1. The van der Waals surface area contributed by atoms with Gasteiger partial charge in [-0.05, 0) is 154 Å². The van der Waals surface area contributed by atoms with E-state index >= 15 is 0 Å². The quantitative estimate of drug-likeness (QED) is 0.163. The fourth-order valence-electron chi connectivity index (χ4n) is 12.9. The Labute approximate surface area is 409 Å². The first-order valence-electron chi connectivity index (χ1n) is 25.3. The van der Waals surface area contributed by atoms with Gasteiger partial charge in [-0.15, -0.1) is 11.3 Å². The number of hydrogen-bond donors (Lipinski definition) is 0. The Balaban J connectivity index is 1.18. The van der Waals surface area contributed by atoms with Gasteiger partial charge in [0, 0.05) is 65.4 Å². The molecule has 4 heterocycles. The van der Waals surface area contributed by atoms with Crippen molar-refractivity contribution in [3.05, 3.63) is 161 Å². The summed E-state index contributed by atoms with van der Waals surface area (Å²) in [6.07, 6.45) is 4.93. The maximum Gasteiger partial charge on any atom is 0.252 e. The zero-order chi connectivity index (χ0) is 47.4. The molecule has 3 aliphatic heterocycles. The first-order valence-corrected chi connectivity index (χ1v) is 26.1. The van der Waals surface area contributed by atoms with E-state index < -0.39 is 0 Å². The van der Waals surface area contributed by atoms with E-state index in [2.05, 4.69) is 231 Å². The molecule has 2 atom stereocenters. The summed E-state index contributed by atoms with van der Waals surface area (Å²) in [5, 5.41) is 2.64. The van der Waals surface area contributed by atoms with Gasteiger partial charge < -0.3 is 14.7 Å². The first kappa shape index (κ1) is 43.5. The van der Waals surface area contributed by atoms with Crippen LogP contribution in [0, 0.1) is 6.92 Å². The molecule has 0 N–H and O–H groups in total. The second-order valence-electron chi connectivity index (χ2n) is 24.3. The molecule has 8 aromatic rings. The van der Waals surface area contributed by atoms with Gasteiger partial charge in [0.1, 0.15) is 0 Å². The van der Waals surface area contributed by atoms with E-state index in [0.717, 1.165) is 17.1 Å². The molecule has 1 fully saturated rings. The summed E-state index contributed by atoms with van der Waals surface area (Å²) in [5.74, 6) is 0. The number of rotatable bonds is 4. The topological polar surface area (TPSA) is 9.72 Å². The molecule has 2 unspecified atom stereocenters. The van der Waals surface area contributed by atoms with Gasteiger partial charge in [0.15, 0.2) is 0 Å². The van der Waals surface area contributed by atoms with E-state index in [1.807, 2.05) is 11.3 Å². The number of nitrogens with zero attached hydrogens (tertiary/aromatic N) is 3. The highest BCUT2D eigenvalue weighted by molar-refractivity contribution is 7.26. The van der Waals surface area contributed by atoms with Gasteiger partial charge in [-0.25, -0.2) is 0 Å². The van der Waals surface area contributed by atoms with Gasteiger partial charge in [0.2, 0.25) is 0 Å². The Kier molecular flexibility index (Phi) is 9.36. The Bertz CT molecular complexity index is 3300. The average molecular weight is 908 g/mol. The van der Waals surface area contributed by atoms with Crippen molar-refractivity contribution in [1.82, 2.24) is 0 Å². The molecule has 1 aromatic heterocycles. The number of benzene rings is 7. The van der Waals surface area contributed by atoms with Crippen molar-refractivity contribution in [1.29, 1.82) is 0 Å². The van der Waals surface area contributed by atoms with Crippen molar-refractivity contribution in [2.45, 2.75) is 136 Å². The van der Waals surface area contributed by atoms with E-state index in [9.17, 15) is 0 Å². The largest absolute Gasteiger partial charge is 0.335 e. The van der Waals surface area contributed by atoms with Crippen LogP contribution in [0.3, 0.4) is 0 Å². The van der Waals surface area contributed by atoms with Crippen molar-refractivity contribution >= 4 is 100 Å². The van der Waals surface area contributed by atoms with Gasteiger partial charge in [-0.2, -0.15) is 0 Å². The van der Waals surface area contributed by atoms with Crippen molar-refractivity contribution < 1.29 is 0 Å². The number of aryl methyl sites for hydroxylation is 1. The van der Waals surface area contributed by atoms with Crippen LogP contribution < -0.4 is 31.1 Å². The van der Waals surface area contributed by atoms with Crippen molar-refractivity contribution in [2.75, 3.05) is 14.7 Å². The lowest BCUT2D eigenvalue weighted by atomic mass is 9.33. The van der Waals surface area contributed by atoms with E-state index in [1.165, 1.54) is 113 Å². The second kappa shape index (κ2) is 14.6. The zero-order valence-electron chi connectivity index (χ0n) is 42.4. The smallest absolute Gasteiger partial charge is 0.252 e. The number of anilines is 8. The molecule has 7 aromatic carbocycles. The van der Waals surface area contributed by atoms with Crippen LogP contribution in [-0.4, -0.2) is 12.3 Å². The fourth-order valence-corrected chi connectivity index (χ4v) is 14.0. The van der Waals surface area contributed by atoms with Crippen LogP contribution in [0.2, 0.25) is 0 Å². The predicted octanol–water partition coefficient (Wildman–Crippen LogP) is 16.1. The Morgan fingerprint density at radius 3 is 1.81 bits per heavy atom. The summed E-state index contributed by atoms with van der Waals surface area (Å²) in [7, 11) is 0. The molecule has 0 spiro atoms. The molecule has 12 rings (SSSR count). The van der Waals surface area contributed by atoms with Crippen LogP contribution in [0.25, 0.3) is 20.2 Å². The van der Waals surface area contributed by atoms with Crippen molar-refractivity contribution in [3.63, 3.8) is 0 Å². The van der Waals surface area contributed by atoms with Crippen molar-refractivity contribution in [3.8, 4) is 0 Å². The van der Waals surface area contributed by atoms with Crippen LogP contribution in [-0.2, 0) is 21.7 Å². The summed E-state index contributed by atoms with van der Waals surface area (Å²) in [6, 6.07) is 52.5. The normalized spacial score (nSPS) is 19.6. The third-order valence-electron chi connectivity index (χ3n) is 16.9. The van der Waals surface area contributed by atoms with Crippen LogP contribution in [0.1, 0.15) is 130 Å². The van der Waals surface area contributed by atoms with Gasteiger partial charge >= 0.3 is 0 Å². The third-order valence-corrected chi connectivity index (χ3v) is 18.0. The number of fused-ring (bicyclic) bond motifs is 10. The maximum absolute atomic E-state index is 2.88. The lowest BCUT2D eigenvalue weighted by Gasteiger charge is -2.53. The molecule has 0 amide bonds. The highest BCUT2D eigenvalue weighted by atomic mass is 32.1. The monoisotopic (exact) mass is 908 g/mol. The zero-order valence-corrected chi connectivity index (χ0v) is 43.2. The van der Waals surface area contributed by atoms with E-state index in [1.54, 1.807) is 5.56 Å². The maximum atomic E-state index is 2.88. The molecule has 1 saturated carbocycles. The minimum atomic E-state index is -0.0461. The lowest BCUT2D eigenvalue weighted by molar-refractivity contribution is 0.195. The molecule has 0 radical (unpaired) electrons. The third kappa shape index (κ3) is 6.22. The fraction of sp³-hybridized carbons (Fsp3) is 0.333. The average Bonchev–Trinajstić information content (AvgIpc) is 3.78. The molecule has 4 aliphatic rings. The van der Waals surface area contributed by atoms with Gasteiger partial charge in [0.05, 0.1) is 11.2 Å². The highest BCUT2D eigenvalue weighted by Gasteiger charge is 2.61. The van der Waals surface area contributed by atoms with E-state index in [4.69, 9.17) is 0 Å². The summed E-state index contributed by atoms with van der Waals surface area (Å²) in [5.41, 5.74) is 21.5. The van der Waals surface area contributed by atoms with Crippen LogP contribution in [0.5, 0.6) is 0 Å². The van der Waals surface area contributed by atoms with E-state index in [-0.39, 0.29) is 33.9 Å². The Hall–Kier alpha value is -5.78. The van der Waals surface area contributed by atoms with E-state index in [0.29, 0.717) is 0 Å². The van der Waals surface area contributed by atoms with Gasteiger partial charge in [-0.3, -0.25) is 0 Å². The van der Waals surface area contributed by atoms with Crippen LogP contribution in [0.4, 0.5) is 45.5 Å². The molecular formula is C63H66BN3S. The molecule has 0 saturated heterocycles. The molecule has 1 aliphatic carbocycles. The molecule has 5 heteroatoms. The van der Waals surface area contributed by atoms with Gasteiger partial charge in [-0.1, -0.05) is 149 Å². The SMILES string of the molecule is Cc1cc2c3c(c1)N1c4c(cc(C(C)(C)C)cc4C4(C)CCCCC14C)B3c1ccc(N(c3ccc(C(C)(C)C)cc3)c3ccc(C(C)(C)C)cc3)cc1N2c1cccc2sc3ccccc3c12. The summed E-state index contributed by atoms with van der Waals surface area (Å²) in [6.45, 7) is 28.7. The lowest BCUT2D eigenvalue weighted by Crippen LogP contribution is -2.64. The second-order valence-corrected chi connectivity index (χ2v) is 25.3. The van der Waals surface area contributed by atoms with Crippen LogP contribution in [0.15, 0.2) is 133 Å². The molecule has 68 heavy (non-hydrogen) atoms. The molecular weight excluding hydrogens is 842 g/mol. The molecule has 3 nitrogen and oxygen atoms in total. The highest BCUT2D eigenvalue weighted by Crippen LogP contribution is 2.62. The standard InChI is InChI=1S/C63H66BN3S/c1-39-34-52-57-53(35-39)67-58-47(62(11)32-15-16-33-63(62,67)12)36-42(61(8,9)10)37-49(58)64(57)48-31-30-45(38-51(48)66(52)50-19-17-21-55-56(50)46-18-13-14-20-54(46)68-55)65(43-26-22-40(23-27-43)59(2,3)4)44-28-24-41(25-29-44)60(5,6)7/h13-14,17-31,34-38H,15-16,32-33H2,1-12H3.